The highest BCUT2D eigenvalue weighted by molar-refractivity contribution is 4.79. The van der Waals surface area contributed by atoms with Crippen LogP contribution in [0.15, 0.2) is 0 Å². The Morgan fingerprint density at radius 2 is 1.73 bits per heavy atom. The van der Waals surface area contributed by atoms with Gasteiger partial charge < -0.3 is 0 Å². The van der Waals surface area contributed by atoms with Crippen molar-refractivity contribution in [1.82, 2.24) is 0 Å². The molecule has 68 valence electrons. The fourth-order valence-corrected chi connectivity index (χ4v) is 0.808. The summed E-state index contributed by atoms with van der Waals surface area (Å²) in [5, 5.41) is 0. The molecular formula is C8H15F3. The van der Waals surface area contributed by atoms with Crippen molar-refractivity contribution >= 4 is 0 Å². The van der Waals surface area contributed by atoms with E-state index in [0.29, 0.717) is 6.42 Å². The third-order valence-electron chi connectivity index (χ3n) is 1.73. The van der Waals surface area contributed by atoms with E-state index < -0.39 is 18.0 Å². The van der Waals surface area contributed by atoms with E-state index >= 15 is 0 Å². The smallest absolute Gasteiger partial charge is 0.241 e. The molecule has 3 heteroatoms. The van der Waals surface area contributed by atoms with Crippen LogP contribution in [0.3, 0.4) is 0 Å². The first-order chi connectivity index (χ1) is 4.92. The van der Waals surface area contributed by atoms with E-state index in [0.717, 1.165) is 0 Å². The SMILES string of the molecule is CCCC(F)C(F)(F)C(C)C. The van der Waals surface area contributed by atoms with Gasteiger partial charge >= 0.3 is 0 Å². The number of alkyl halides is 3. The van der Waals surface area contributed by atoms with Gasteiger partial charge in [-0.15, -0.1) is 0 Å². The fourth-order valence-electron chi connectivity index (χ4n) is 0.808. The number of hydrogen-bond acceptors (Lipinski definition) is 0. The molecule has 0 N–H and O–H groups in total. The highest BCUT2D eigenvalue weighted by Crippen LogP contribution is 2.32. The first-order valence-corrected chi connectivity index (χ1v) is 3.94. The van der Waals surface area contributed by atoms with Crippen molar-refractivity contribution in [3.05, 3.63) is 0 Å². The summed E-state index contributed by atoms with van der Waals surface area (Å²) in [6.07, 6.45) is -1.57. The minimum Gasteiger partial charge on any atom is -0.241 e. The summed E-state index contributed by atoms with van der Waals surface area (Å²) in [7, 11) is 0. The van der Waals surface area contributed by atoms with E-state index in [9.17, 15) is 13.2 Å². The first-order valence-electron chi connectivity index (χ1n) is 3.94. The van der Waals surface area contributed by atoms with Crippen LogP contribution in [-0.2, 0) is 0 Å². The number of halogens is 3. The van der Waals surface area contributed by atoms with Crippen molar-refractivity contribution in [1.29, 1.82) is 0 Å². The summed E-state index contributed by atoms with van der Waals surface area (Å²) < 4.78 is 38.2. The van der Waals surface area contributed by atoms with Crippen LogP contribution in [0.4, 0.5) is 13.2 Å². The second-order valence-corrected chi connectivity index (χ2v) is 3.09. The maximum atomic E-state index is 12.8. The van der Waals surface area contributed by atoms with Crippen molar-refractivity contribution in [2.45, 2.75) is 45.7 Å². The molecule has 0 amide bonds. The third-order valence-corrected chi connectivity index (χ3v) is 1.73. The molecule has 0 saturated heterocycles. The predicted molar refractivity (Wildman–Crippen MR) is 39.6 cm³/mol. The van der Waals surface area contributed by atoms with Crippen LogP contribution in [0, 0.1) is 5.92 Å². The summed E-state index contributed by atoms with van der Waals surface area (Å²) >= 11 is 0. The van der Waals surface area contributed by atoms with Crippen molar-refractivity contribution < 1.29 is 13.2 Å². The van der Waals surface area contributed by atoms with Crippen molar-refractivity contribution in [2.75, 3.05) is 0 Å². The second-order valence-electron chi connectivity index (χ2n) is 3.09. The van der Waals surface area contributed by atoms with Gasteiger partial charge in [-0.1, -0.05) is 27.2 Å². The molecule has 0 aliphatic heterocycles. The molecule has 0 aliphatic carbocycles. The molecule has 0 aromatic carbocycles. The molecule has 0 bridgehead atoms. The minimum atomic E-state index is -3.16. The Morgan fingerprint density at radius 1 is 1.27 bits per heavy atom. The van der Waals surface area contributed by atoms with E-state index in [1.54, 1.807) is 6.92 Å². The van der Waals surface area contributed by atoms with Crippen LogP contribution in [0.1, 0.15) is 33.6 Å². The van der Waals surface area contributed by atoms with Gasteiger partial charge in [0.15, 0.2) is 6.17 Å². The average molecular weight is 168 g/mol. The summed E-state index contributed by atoms with van der Waals surface area (Å²) in [5.41, 5.74) is 0. The average Bonchev–Trinajstić information content (AvgIpc) is 1.88. The van der Waals surface area contributed by atoms with E-state index in [2.05, 4.69) is 0 Å². The van der Waals surface area contributed by atoms with Gasteiger partial charge in [0.1, 0.15) is 0 Å². The van der Waals surface area contributed by atoms with Crippen LogP contribution in [0.5, 0.6) is 0 Å². The van der Waals surface area contributed by atoms with E-state index in [1.807, 2.05) is 0 Å². The van der Waals surface area contributed by atoms with Gasteiger partial charge in [-0.05, 0) is 6.42 Å². The Balaban J connectivity index is 4.05. The van der Waals surface area contributed by atoms with Crippen LogP contribution in [0.2, 0.25) is 0 Å². The summed E-state index contributed by atoms with van der Waals surface area (Å²) in [6, 6.07) is 0. The van der Waals surface area contributed by atoms with Gasteiger partial charge in [0, 0.05) is 5.92 Å². The molecular weight excluding hydrogens is 153 g/mol. The Hall–Kier alpha value is -0.210. The highest BCUT2D eigenvalue weighted by atomic mass is 19.3. The van der Waals surface area contributed by atoms with E-state index in [-0.39, 0.29) is 6.42 Å². The topological polar surface area (TPSA) is 0 Å². The van der Waals surface area contributed by atoms with Crippen molar-refractivity contribution in [3.8, 4) is 0 Å². The van der Waals surface area contributed by atoms with Crippen LogP contribution >= 0.6 is 0 Å². The van der Waals surface area contributed by atoms with Crippen LogP contribution < -0.4 is 0 Å². The number of rotatable bonds is 4. The van der Waals surface area contributed by atoms with Crippen LogP contribution in [-0.4, -0.2) is 12.1 Å². The molecule has 0 saturated carbocycles. The normalized spacial score (nSPS) is 15.5. The maximum Gasteiger partial charge on any atom is 0.280 e. The Morgan fingerprint density at radius 3 is 2.00 bits per heavy atom. The summed E-state index contributed by atoms with van der Waals surface area (Å²) in [5.74, 6) is -4.07. The van der Waals surface area contributed by atoms with Gasteiger partial charge in [0.2, 0.25) is 0 Å². The highest BCUT2D eigenvalue weighted by Gasteiger charge is 2.42. The molecule has 0 heterocycles. The molecule has 1 unspecified atom stereocenters. The molecule has 0 aliphatic rings. The Bertz CT molecular complexity index is 110. The molecule has 0 aromatic rings. The summed E-state index contributed by atoms with van der Waals surface area (Å²) in [6.45, 7) is 4.37. The monoisotopic (exact) mass is 168 g/mol. The minimum absolute atomic E-state index is 0.0504. The molecule has 0 aromatic heterocycles. The lowest BCUT2D eigenvalue weighted by atomic mass is 9.99. The molecule has 0 spiro atoms. The largest absolute Gasteiger partial charge is 0.280 e. The second kappa shape index (κ2) is 3.98. The zero-order valence-electron chi connectivity index (χ0n) is 7.20. The van der Waals surface area contributed by atoms with E-state index in [4.69, 9.17) is 0 Å². The molecule has 0 rings (SSSR count). The van der Waals surface area contributed by atoms with Gasteiger partial charge in [0.25, 0.3) is 5.92 Å². The lowest BCUT2D eigenvalue weighted by Crippen LogP contribution is -2.35. The van der Waals surface area contributed by atoms with Gasteiger partial charge in [-0.3, -0.25) is 0 Å². The first kappa shape index (κ1) is 10.8. The van der Waals surface area contributed by atoms with Crippen molar-refractivity contribution in [3.63, 3.8) is 0 Å². The van der Waals surface area contributed by atoms with E-state index in [1.165, 1.54) is 13.8 Å². The Labute approximate surface area is 65.8 Å². The van der Waals surface area contributed by atoms with Crippen LogP contribution in [0.25, 0.3) is 0 Å². The summed E-state index contributed by atoms with van der Waals surface area (Å²) in [4.78, 5) is 0. The third kappa shape index (κ3) is 2.72. The van der Waals surface area contributed by atoms with Gasteiger partial charge in [0.05, 0.1) is 0 Å². The zero-order chi connectivity index (χ0) is 9.07. The number of hydrogen-bond donors (Lipinski definition) is 0. The molecule has 0 fully saturated rings. The zero-order valence-corrected chi connectivity index (χ0v) is 7.20. The van der Waals surface area contributed by atoms with Gasteiger partial charge in [-0.2, -0.15) is 0 Å². The lowest BCUT2D eigenvalue weighted by molar-refractivity contribution is -0.110. The maximum absolute atomic E-state index is 12.8. The molecule has 11 heavy (non-hydrogen) atoms. The predicted octanol–water partition coefficient (Wildman–Crippen LogP) is 3.42. The molecule has 0 radical (unpaired) electrons. The van der Waals surface area contributed by atoms with Gasteiger partial charge in [-0.25, -0.2) is 13.2 Å². The lowest BCUT2D eigenvalue weighted by Gasteiger charge is -2.23. The quantitative estimate of drug-likeness (QED) is 0.603. The molecule has 1 atom stereocenters. The fraction of sp³-hybridized carbons (Fsp3) is 1.00. The van der Waals surface area contributed by atoms with Crippen molar-refractivity contribution in [2.24, 2.45) is 5.92 Å². The standard InChI is InChI=1S/C8H15F3/c1-4-5-7(9)8(10,11)6(2)3/h6-7H,4-5H2,1-3H3. The molecule has 0 nitrogen and oxygen atoms in total. The Kier molecular flexibility index (Phi) is 3.90.